The molecule has 0 fully saturated rings. The molecule has 0 unspecified atom stereocenters. The van der Waals surface area contributed by atoms with Crippen molar-refractivity contribution < 1.29 is 19.1 Å². The summed E-state index contributed by atoms with van der Waals surface area (Å²) in [5.74, 6) is 0. The number of nitrogens with one attached hydrogen (secondary N) is 2. The highest BCUT2D eigenvalue weighted by Crippen LogP contribution is 2.10. The van der Waals surface area contributed by atoms with E-state index in [0.29, 0.717) is 12.8 Å². The van der Waals surface area contributed by atoms with Gasteiger partial charge in [0.2, 0.25) is 0 Å². The Kier molecular flexibility index (Phi) is 10.9. The van der Waals surface area contributed by atoms with Gasteiger partial charge >= 0.3 is 12.2 Å². The molecule has 40 heavy (non-hydrogen) atoms. The first kappa shape index (κ1) is 28.2. The van der Waals surface area contributed by atoms with Crippen LogP contribution in [0.25, 0.3) is 0 Å². The number of rotatable bonds is 12. The molecule has 4 aromatic rings. The lowest BCUT2D eigenvalue weighted by Gasteiger charge is -2.19. The summed E-state index contributed by atoms with van der Waals surface area (Å²) in [6.45, 7) is 0.361. The second kappa shape index (κ2) is 15.5. The van der Waals surface area contributed by atoms with Gasteiger partial charge in [0.25, 0.3) is 0 Å². The number of amides is 2. The maximum Gasteiger partial charge on any atom is 0.407 e. The van der Waals surface area contributed by atoms with E-state index in [2.05, 4.69) is 10.6 Å². The third kappa shape index (κ3) is 10.1. The Labute approximate surface area is 235 Å². The topological polar surface area (TPSA) is 76.7 Å². The van der Waals surface area contributed by atoms with Crippen molar-refractivity contribution >= 4 is 12.2 Å². The lowest BCUT2D eigenvalue weighted by Crippen LogP contribution is -2.38. The van der Waals surface area contributed by atoms with Gasteiger partial charge in [0, 0.05) is 0 Å². The molecule has 0 bridgehead atoms. The minimum absolute atomic E-state index is 0.180. The first-order valence-electron chi connectivity index (χ1n) is 13.3. The van der Waals surface area contributed by atoms with Gasteiger partial charge in [0.05, 0.1) is 12.1 Å². The molecule has 0 aliphatic carbocycles. The molecule has 4 aromatic carbocycles. The van der Waals surface area contributed by atoms with E-state index in [1.54, 1.807) is 0 Å². The van der Waals surface area contributed by atoms with Crippen LogP contribution in [0.15, 0.2) is 133 Å². The molecule has 0 radical (unpaired) electrons. The predicted octanol–water partition coefficient (Wildman–Crippen LogP) is 6.62. The van der Waals surface area contributed by atoms with Crippen LogP contribution >= 0.6 is 0 Å². The molecule has 0 heterocycles. The van der Waals surface area contributed by atoms with Gasteiger partial charge in [-0.15, -0.1) is 0 Å². The normalized spacial score (nSPS) is 12.3. The largest absolute Gasteiger partial charge is 0.445 e. The van der Waals surface area contributed by atoms with Crippen LogP contribution in [0.1, 0.15) is 22.3 Å². The highest BCUT2D eigenvalue weighted by atomic mass is 16.6. The number of carbonyl (C=O) groups excluding carboxylic acids is 2. The van der Waals surface area contributed by atoms with Crippen LogP contribution in [-0.2, 0) is 35.5 Å². The summed E-state index contributed by atoms with van der Waals surface area (Å²) in [5.41, 5.74) is 3.95. The molecule has 0 aliphatic heterocycles. The average Bonchev–Trinajstić information content (AvgIpc) is 3.00. The Morgan fingerprint density at radius 3 is 1.12 bits per heavy atom. The molecule has 0 spiro atoms. The van der Waals surface area contributed by atoms with Gasteiger partial charge in [0.15, 0.2) is 0 Å². The molecule has 4 rings (SSSR count). The standard InChI is InChI=1S/C34H34N2O4/c37-33(39-25-29-17-9-3-10-18-29)35-31(23-27-13-5-1-6-14-27)21-22-32(24-28-15-7-2-8-16-28)36-34(38)40-26-30-19-11-4-12-20-30/h1-22,31-32H,23-26H2,(H,35,37)(H,36,38)/b22-21+/t31-,32-/m0/s1. The zero-order chi connectivity index (χ0) is 27.8. The van der Waals surface area contributed by atoms with Crippen molar-refractivity contribution in [3.8, 4) is 0 Å². The highest BCUT2D eigenvalue weighted by Gasteiger charge is 2.15. The quantitative estimate of drug-likeness (QED) is 0.200. The van der Waals surface area contributed by atoms with Gasteiger partial charge in [-0.2, -0.15) is 0 Å². The average molecular weight is 535 g/mol. The molecule has 0 saturated carbocycles. The highest BCUT2D eigenvalue weighted by molar-refractivity contribution is 5.68. The van der Waals surface area contributed by atoms with E-state index in [0.717, 1.165) is 22.3 Å². The summed E-state index contributed by atoms with van der Waals surface area (Å²) in [7, 11) is 0. The lowest BCUT2D eigenvalue weighted by molar-refractivity contribution is 0.136. The third-order valence-corrected chi connectivity index (χ3v) is 6.20. The monoisotopic (exact) mass is 534 g/mol. The Morgan fingerprint density at radius 2 is 0.800 bits per heavy atom. The summed E-state index contributed by atoms with van der Waals surface area (Å²) < 4.78 is 10.9. The molecular weight excluding hydrogens is 500 g/mol. The smallest absolute Gasteiger partial charge is 0.407 e. The van der Waals surface area contributed by atoms with Crippen molar-refractivity contribution in [2.45, 2.75) is 38.1 Å². The van der Waals surface area contributed by atoms with Crippen molar-refractivity contribution in [1.82, 2.24) is 10.6 Å². The predicted molar refractivity (Wildman–Crippen MR) is 157 cm³/mol. The summed E-state index contributed by atoms with van der Waals surface area (Å²) in [6.07, 6.45) is 3.92. The molecule has 2 N–H and O–H groups in total. The fraction of sp³-hybridized carbons (Fsp3) is 0.176. The molecule has 0 aromatic heterocycles. The van der Waals surface area contributed by atoms with Crippen molar-refractivity contribution in [2.75, 3.05) is 0 Å². The van der Waals surface area contributed by atoms with Gasteiger partial charge in [-0.1, -0.05) is 133 Å². The van der Waals surface area contributed by atoms with Crippen molar-refractivity contribution in [2.24, 2.45) is 0 Å². The third-order valence-electron chi connectivity index (χ3n) is 6.20. The lowest BCUT2D eigenvalue weighted by atomic mass is 10.0. The van der Waals surface area contributed by atoms with Gasteiger partial charge in [-0.05, 0) is 35.1 Å². The van der Waals surface area contributed by atoms with E-state index in [1.807, 2.05) is 133 Å². The number of hydrogen-bond donors (Lipinski definition) is 2. The van der Waals surface area contributed by atoms with Crippen LogP contribution in [0.2, 0.25) is 0 Å². The number of benzene rings is 4. The van der Waals surface area contributed by atoms with Crippen molar-refractivity contribution in [1.29, 1.82) is 0 Å². The molecular formula is C34H34N2O4. The molecule has 204 valence electrons. The number of hydrogen-bond acceptors (Lipinski definition) is 4. The Balaban J connectivity index is 1.44. The summed E-state index contributed by atoms with van der Waals surface area (Å²) in [6, 6.07) is 38.2. The van der Waals surface area contributed by atoms with E-state index in [9.17, 15) is 9.59 Å². The van der Waals surface area contributed by atoms with Crippen LogP contribution in [0.4, 0.5) is 9.59 Å². The second-order valence-electron chi connectivity index (χ2n) is 9.39. The number of ether oxygens (including phenoxy) is 2. The van der Waals surface area contributed by atoms with Gasteiger partial charge in [0.1, 0.15) is 13.2 Å². The second-order valence-corrected chi connectivity index (χ2v) is 9.39. The van der Waals surface area contributed by atoms with Gasteiger partial charge in [-0.25, -0.2) is 9.59 Å². The minimum atomic E-state index is -0.510. The van der Waals surface area contributed by atoms with Crippen LogP contribution in [0.3, 0.4) is 0 Å². The number of carbonyl (C=O) groups is 2. The molecule has 0 aliphatic rings. The van der Waals surface area contributed by atoms with E-state index < -0.39 is 12.2 Å². The molecule has 6 nitrogen and oxygen atoms in total. The van der Waals surface area contributed by atoms with Crippen LogP contribution in [-0.4, -0.2) is 24.3 Å². The maximum atomic E-state index is 12.7. The van der Waals surface area contributed by atoms with E-state index in [1.165, 1.54) is 0 Å². The first-order chi connectivity index (χ1) is 19.6. The molecule has 0 saturated heterocycles. The fourth-order valence-corrected chi connectivity index (χ4v) is 4.17. The molecule has 2 amide bonds. The molecule has 6 heteroatoms. The van der Waals surface area contributed by atoms with E-state index in [-0.39, 0.29) is 25.3 Å². The first-order valence-corrected chi connectivity index (χ1v) is 13.3. The SMILES string of the molecule is O=C(N[C@@H](/C=C/[C@@H](Cc1ccccc1)NC(=O)OCc1ccccc1)Cc1ccccc1)OCc1ccccc1. The minimum Gasteiger partial charge on any atom is -0.445 e. The van der Waals surface area contributed by atoms with Crippen LogP contribution < -0.4 is 10.6 Å². The van der Waals surface area contributed by atoms with Gasteiger partial charge in [-0.3, -0.25) is 0 Å². The van der Waals surface area contributed by atoms with E-state index in [4.69, 9.17) is 9.47 Å². The fourth-order valence-electron chi connectivity index (χ4n) is 4.17. The Morgan fingerprint density at radius 1 is 0.500 bits per heavy atom. The Bertz CT molecular complexity index is 1220. The number of alkyl carbamates (subject to hydrolysis) is 2. The molecule has 2 atom stereocenters. The zero-order valence-electron chi connectivity index (χ0n) is 22.3. The summed E-state index contributed by atoms with van der Waals surface area (Å²) >= 11 is 0. The summed E-state index contributed by atoms with van der Waals surface area (Å²) in [5, 5.41) is 5.93. The van der Waals surface area contributed by atoms with Crippen LogP contribution in [0.5, 0.6) is 0 Å². The maximum absolute atomic E-state index is 12.7. The van der Waals surface area contributed by atoms with Gasteiger partial charge < -0.3 is 20.1 Å². The summed E-state index contributed by atoms with van der Waals surface area (Å²) in [4.78, 5) is 25.4. The van der Waals surface area contributed by atoms with Crippen molar-refractivity contribution in [3.05, 3.63) is 156 Å². The van der Waals surface area contributed by atoms with Crippen molar-refractivity contribution in [3.63, 3.8) is 0 Å². The van der Waals surface area contributed by atoms with Crippen LogP contribution in [0, 0.1) is 0 Å². The Hall–Kier alpha value is -4.84. The zero-order valence-corrected chi connectivity index (χ0v) is 22.3. The van der Waals surface area contributed by atoms with E-state index >= 15 is 0 Å².